The molecular weight excluding hydrogens is 334 g/mol. The van der Waals surface area contributed by atoms with Gasteiger partial charge in [0.05, 0.1) is 36.8 Å². The Morgan fingerprint density at radius 2 is 2.00 bits per heavy atom. The topological polar surface area (TPSA) is 70.8 Å². The number of anilines is 2. The molecule has 2 aromatic rings. The zero-order valence-corrected chi connectivity index (χ0v) is 13.4. The maximum atomic E-state index is 14.6. The van der Waals surface area contributed by atoms with Gasteiger partial charge in [0.2, 0.25) is 0 Å². The van der Waals surface area contributed by atoms with Crippen molar-refractivity contribution in [2.75, 3.05) is 23.0 Å². The smallest absolute Gasteiger partial charge is 0.414 e. The lowest BCUT2D eigenvalue weighted by Gasteiger charge is -2.21. The summed E-state index contributed by atoms with van der Waals surface area (Å²) in [5.41, 5.74) is 1.73. The second-order valence-corrected chi connectivity index (χ2v) is 6.16. The molecule has 1 fully saturated rings. The highest BCUT2D eigenvalue weighted by atomic mass is 19.2. The van der Waals surface area contributed by atoms with Crippen LogP contribution < -0.4 is 9.80 Å². The van der Waals surface area contributed by atoms with E-state index in [1.54, 1.807) is 9.58 Å². The average Bonchev–Trinajstić information content (AvgIpc) is 3.22. The number of hydrogen-bond donors (Lipinski definition) is 1. The number of benzene rings is 1. The molecule has 2 aliphatic heterocycles. The van der Waals surface area contributed by atoms with E-state index < -0.39 is 23.8 Å². The number of aliphatic hydroxyl groups is 1. The van der Waals surface area contributed by atoms with Crippen molar-refractivity contribution in [3.8, 4) is 0 Å². The molecule has 1 aromatic carbocycles. The number of ether oxygens (including phenoxy) is 1. The van der Waals surface area contributed by atoms with Crippen molar-refractivity contribution in [3.63, 3.8) is 0 Å². The zero-order valence-electron chi connectivity index (χ0n) is 13.4. The third-order valence-corrected chi connectivity index (χ3v) is 4.44. The number of hydrogen-bond acceptors (Lipinski definition) is 5. The minimum Gasteiger partial charge on any atom is -0.441 e. The van der Waals surface area contributed by atoms with Gasteiger partial charge in [0.15, 0.2) is 11.6 Å². The Morgan fingerprint density at radius 1 is 1.28 bits per heavy atom. The fourth-order valence-electron chi connectivity index (χ4n) is 3.26. The molecule has 3 heterocycles. The molecule has 1 aromatic heterocycles. The lowest BCUT2D eigenvalue weighted by Crippen LogP contribution is -2.27. The molecule has 7 nitrogen and oxygen atoms in total. The Kier molecular flexibility index (Phi) is 3.60. The molecule has 4 rings (SSSR count). The molecule has 0 saturated carbocycles. The van der Waals surface area contributed by atoms with Crippen LogP contribution in [0.2, 0.25) is 0 Å². The third-order valence-electron chi connectivity index (χ3n) is 4.44. The lowest BCUT2D eigenvalue weighted by atomic mass is 10.2. The van der Waals surface area contributed by atoms with Gasteiger partial charge in [-0.3, -0.25) is 9.58 Å². The van der Waals surface area contributed by atoms with Crippen molar-refractivity contribution in [2.45, 2.75) is 19.2 Å². The van der Waals surface area contributed by atoms with E-state index in [0.29, 0.717) is 13.1 Å². The Labute approximate surface area is 142 Å². The summed E-state index contributed by atoms with van der Waals surface area (Å²) in [5.74, 6) is -2.13. The molecule has 0 spiro atoms. The van der Waals surface area contributed by atoms with E-state index in [1.165, 1.54) is 12.1 Å². The molecule has 1 N–H and O–H groups in total. The summed E-state index contributed by atoms with van der Waals surface area (Å²) in [6.45, 7) is 0.441. The highest BCUT2D eigenvalue weighted by Crippen LogP contribution is 2.35. The first kappa shape index (κ1) is 15.8. The number of rotatable bonds is 3. The number of carbonyl (C=O) groups excluding carboxylic acids is 1. The van der Waals surface area contributed by atoms with Crippen molar-refractivity contribution in [1.29, 1.82) is 0 Å². The lowest BCUT2D eigenvalue weighted by molar-refractivity contribution is 0.0963. The SMILES string of the molecule is Cn1cc2c(n1)CN(c1ccc(N3C[C@H](CO)OC3=O)c(F)c1F)C2. The molecule has 1 saturated heterocycles. The molecule has 0 aliphatic carbocycles. The van der Waals surface area contributed by atoms with Crippen LogP contribution in [0.5, 0.6) is 0 Å². The largest absolute Gasteiger partial charge is 0.441 e. The molecule has 25 heavy (non-hydrogen) atoms. The minimum absolute atomic E-state index is 0.0230. The van der Waals surface area contributed by atoms with E-state index in [0.717, 1.165) is 16.2 Å². The molecule has 2 aliphatic rings. The number of nitrogens with zero attached hydrogens (tertiary/aromatic N) is 4. The fourth-order valence-corrected chi connectivity index (χ4v) is 3.26. The van der Waals surface area contributed by atoms with Gasteiger partial charge in [-0.15, -0.1) is 0 Å². The summed E-state index contributed by atoms with van der Waals surface area (Å²) in [7, 11) is 1.81. The molecular formula is C16H16F2N4O3. The number of halogens is 2. The van der Waals surface area contributed by atoms with E-state index >= 15 is 0 Å². The highest BCUT2D eigenvalue weighted by molar-refractivity contribution is 5.90. The summed E-state index contributed by atoms with van der Waals surface area (Å²) >= 11 is 0. The van der Waals surface area contributed by atoms with Crippen LogP contribution in [-0.2, 0) is 24.9 Å². The van der Waals surface area contributed by atoms with Gasteiger partial charge in [-0.1, -0.05) is 0 Å². The summed E-state index contributed by atoms with van der Waals surface area (Å²) in [6, 6.07) is 2.80. The number of aromatic nitrogens is 2. The number of amides is 1. The standard InChI is InChI=1S/C16H16F2N4O3/c1-20-4-9-5-21(7-11(9)19-20)12-2-3-13(15(18)14(12)17)22-6-10(8-23)25-16(22)24/h2-4,10,23H,5-8H2,1H3/t10-/m1/s1. The van der Waals surface area contributed by atoms with Crippen molar-refractivity contribution in [3.05, 3.63) is 41.2 Å². The maximum Gasteiger partial charge on any atom is 0.414 e. The van der Waals surface area contributed by atoms with Gasteiger partial charge in [-0.2, -0.15) is 5.10 Å². The van der Waals surface area contributed by atoms with Crippen LogP contribution in [0.1, 0.15) is 11.3 Å². The summed E-state index contributed by atoms with van der Waals surface area (Å²) in [4.78, 5) is 14.5. The average molecular weight is 350 g/mol. The number of carbonyl (C=O) groups is 1. The van der Waals surface area contributed by atoms with Crippen LogP contribution in [0.4, 0.5) is 25.0 Å². The fraction of sp³-hybridized carbons (Fsp3) is 0.375. The normalized spacial score (nSPS) is 19.5. The van der Waals surface area contributed by atoms with Crippen LogP contribution in [0.3, 0.4) is 0 Å². The summed E-state index contributed by atoms with van der Waals surface area (Å²) < 4.78 is 35.7. The van der Waals surface area contributed by atoms with Gasteiger partial charge < -0.3 is 14.7 Å². The van der Waals surface area contributed by atoms with Gasteiger partial charge in [0, 0.05) is 25.4 Å². The second-order valence-electron chi connectivity index (χ2n) is 6.16. The summed E-state index contributed by atoms with van der Waals surface area (Å²) in [6.07, 6.45) is 0.311. The zero-order chi connectivity index (χ0) is 17.7. The molecule has 0 radical (unpaired) electrons. The molecule has 0 bridgehead atoms. The first-order valence-corrected chi connectivity index (χ1v) is 7.81. The number of fused-ring (bicyclic) bond motifs is 1. The van der Waals surface area contributed by atoms with Crippen LogP contribution in [0.15, 0.2) is 18.3 Å². The molecule has 132 valence electrons. The number of aryl methyl sites for hydroxylation is 1. The third kappa shape index (κ3) is 2.51. The van der Waals surface area contributed by atoms with Crippen LogP contribution in [0, 0.1) is 11.6 Å². The Morgan fingerprint density at radius 3 is 2.68 bits per heavy atom. The maximum absolute atomic E-state index is 14.6. The number of cyclic esters (lactones) is 1. The Hall–Kier alpha value is -2.68. The van der Waals surface area contributed by atoms with Crippen LogP contribution >= 0.6 is 0 Å². The van der Waals surface area contributed by atoms with Gasteiger partial charge in [-0.05, 0) is 12.1 Å². The molecule has 1 atom stereocenters. The van der Waals surface area contributed by atoms with Gasteiger partial charge >= 0.3 is 6.09 Å². The van der Waals surface area contributed by atoms with E-state index in [1.807, 2.05) is 13.2 Å². The van der Waals surface area contributed by atoms with E-state index in [-0.39, 0.29) is 24.5 Å². The first-order valence-electron chi connectivity index (χ1n) is 7.81. The van der Waals surface area contributed by atoms with Crippen LogP contribution in [-0.4, -0.2) is 40.2 Å². The van der Waals surface area contributed by atoms with Crippen molar-refractivity contribution in [1.82, 2.24) is 9.78 Å². The van der Waals surface area contributed by atoms with E-state index in [4.69, 9.17) is 9.84 Å². The highest BCUT2D eigenvalue weighted by Gasteiger charge is 2.35. The van der Waals surface area contributed by atoms with Gasteiger partial charge in [0.25, 0.3) is 0 Å². The van der Waals surface area contributed by atoms with Crippen molar-refractivity contribution >= 4 is 17.5 Å². The monoisotopic (exact) mass is 350 g/mol. The minimum atomic E-state index is -1.11. The van der Waals surface area contributed by atoms with E-state index in [2.05, 4.69) is 5.10 Å². The predicted octanol–water partition coefficient (Wildman–Crippen LogP) is 1.54. The Balaban J connectivity index is 1.61. The van der Waals surface area contributed by atoms with Crippen molar-refractivity contribution < 1.29 is 23.4 Å². The molecule has 9 heteroatoms. The van der Waals surface area contributed by atoms with Crippen LogP contribution in [0.25, 0.3) is 0 Å². The van der Waals surface area contributed by atoms with E-state index in [9.17, 15) is 13.6 Å². The quantitative estimate of drug-likeness (QED) is 0.909. The first-order chi connectivity index (χ1) is 12.0. The molecule has 0 unspecified atom stereocenters. The van der Waals surface area contributed by atoms with Gasteiger partial charge in [0.1, 0.15) is 6.10 Å². The number of aliphatic hydroxyl groups excluding tert-OH is 1. The molecule has 1 amide bonds. The van der Waals surface area contributed by atoms with Gasteiger partial charge in [-0.25, -0.2) is 13.6 Å². The Bertz CT molecular complexity index is 831. The second kappa shape index (κ2) is 5.69. The van der Waals surface area contributed by atoms with Crippen molar-refractivity contribution in [2.24, 2.45) is 7.05 Å². The summed E-state index contributed by atoms with van der Waals surface area (Å²) in [5, 5.41) is 13.4. The predicted molar refractivity (Wildman–Crippen MR) is 84.2 cm³/mol.